The molecule has 10 heteroatoms. The summed E-state index contributed by atoms with van der Waals surface area (Å²) in [6, 6.07) is 0. The summed E-state index contributed by atoms with van der Waals surface area (Å²) in [5.74, 6) is -0.125. The molecule has 0 bridgehead atoms. The van der Waals surface area contributed by atoms with E-state index in [1.54, 1.807) is 0 Å². The summed E-state index contributed by atoms with van der Waals surface area (Å²) in [6.07, 6.45) is 2.79. The van der Waals surface area contributed by atoms with Gasteiger partial charge in [-0.05, 0) is 64.2 Å². The Balaban J connectivity index is 1.00. The third-order valence-electron chi connectivity index (χ3n) is 8.26. The first-order valence-corrected chi connectivity index (χ1v) is 13.1. The molecule has 5 fully saturated rings. The maximum atomic E-state index is 12.5. The molecule has 0 aromatic heterocycles. The molecule has 0 aromatic rings. The lowest BCUT2D eigenvalue weighted by Gasteiger charge is -2.31. The molecule has 0 radical (unpaired) electrons. The van der Waals surface area contributed by atoms with Gasteiger partial charge in [0.15, 0.2) is 18.9 Å². The number of ether oxygens (including phenoxy) is 7. The highest BCUT2D eigenvalue weighted by molar-refractivity contribution is 5.74. The van der Waals surface area contributed by atoms with Gasteiger partial charge in [-0.2, -0.15) is 0 Å². The summed E-state index contributed by atoms with van der Waals surface area (Å²) < 4.78 is 39.4. The van der Waals surface area contributed by atoms with Crippen LogP contribution < -0.4 is 0 Å². The molecule has 7 atom stereocenters. The smallest absolute Gasteiger partial charge is 0.311 e. The molecule has 3 saturated heterocycles. The molecule has 2 aliphatic carbocycles. The number of hydrogen-bond donors (Lipinski definition) is 1. The number of fused-ring (bicyclic) bond motifs is 1. The summed E-state index contributed by atoms with van der Waals surface area (Å²) in [5, 5.41) is 10.7. The van der Waals surface area contributed by atoms with Gasteiger partial charge in [0.25, 0.3) is 0 Å². The van der Waals surface area contributed by atoms with Gasteiger partial charge in [-0.1, -0.05) is 6.92 Å². The van der Waals surface area contributed by atoms with Crippen molar-refractivity contribution in [2.75, 3.05) is 13.4 Å². The van der Waals surface area contributed by atoms with E-state index in [0.29, 0.717) is 25.4 Å². The number of esters is 2. The van der Waals surface area contributed by atoms with Crippen LogP contribution in [0, 0.1) is 23.7 Å². The Hall–Kier alpha value is -1.30. The van der Waals surface area contributed by atoms with Gasteiger partial charge in [0, 0.05) is 5.92 Å². The van der Waals surface area contributed by atoms with Gasteiger partial charge in [0.2, 0.25) is 6.79 Å². The van der Waals surface area contributed by atoms with E-state index in [1.165, 1.54) is 0 Å². The SMILES string of the molecule is CC1CCC(C(=O)OCOC(=O)C2CCC(C3OC4OC(C5COC(C)O5)C(O)C4O3)CC2)CC1. The molecular formula is C25H38O10. The topological polar surface area (TPSA) is 119 Å². The lowest BCUT2D eigenvalue weighted by Crippen LogP contribution is -2.41. The fourth-order valence-electron chi connectivity index (χ4n) is 6.00. The third kappa shape index (κ3) is 5.67. The van der Waals surface area contributed by atoms with Crippen molar-refractivity contribution in [1.82, 2.24) is 0 Å². The molecule has 3 aliphatic heterocycles. The Morgan fingerprint density at radius 2 is 1.37 bits per heavy atom. The van der Waals surface area contributed by atoms with Crippen molar-refractivity contribution in [1.29, 1.82) is 0 Å². The van der Waals surface area contributed by atoms with Crippen molar-refractivity contribution in [2.24, 2.45) is 23.7 Å². The summed E-state index contributed by atoms with van der Waals surface area (Å²) in [6.45, 7) is 4.06. The first-order valence-electron chi connectivity index (χ1n) is 13.1. The Morgan fingerprint density at radius 1 is 0.771 bits per heavy atom. The van der Waals surface area contributed by atoms with Crippen LogP contribution in [0.1, 0.15) is 65.2 Å². The second-order valence-corrected chi connectivity index (χ2v) is 10.8. The van der Waals surface area contributed by atoms with Crippen LogP contribution >= 0.6 is 0 Å². The summed E-state index contributed by atoms with van der Waals surface area (Å²) in [7, 11) is 0. The molecule has 198 valence electrons. The maximum absolute atomic E-state index is 12.5. The quantitative estimate of drug-likeness (QED) is 0.431. The van der Waals surface area contributed by atoms with E-state index in [2.05, 4.69) is 6.92 Å². The second-order valence-electron chi connectivity index (χ2n) is 10.8. The normalized spacial score (nSPS) is 45.7. The van der Waals surface area contributed by atoms with Crippen LogP contribution in [-0.4, -0.2) is 73.7 Å². The van der Waals surface area contributed by atoms with Crippen LogP contribution in [0.2, 0.25) is 0 Å². The predicted molar refractivity (Wildman–Crippen MR) is 118 cm³/mol. The fourth-order valence-corrected chi connectivity index (χ4v) is 6.00. The zero-order valence-corrected chi connectivity index (χ0v) is 20.5. The van der Waals surface area contributed by atoms with E-state index in [1.807, 2.05) is 6.92 Å². The van der Waals surface area contributed by atoms with Crippen LogP contribution in [0.5, 0.6) is 0 Å². The van der Waals surface area contributed by atoms with Gasteiger partial charge in [0.1, 0.15) is 24.4 Å². The van der Waals surface area contributed by atoms with E-state index in [4.69, 9.17) is 33.2 Å². The first-order chi connectivity index (χ1) is 16.9. The second kappa shape index (κ2) is 11.0. The molecule has 0 spiro atoms. The number of hydrogen-bond acceptors (Lipinski definition) is 10. The highest BCUT2D eigenvalue weighted by atomic mass is 16.8. The molecule has 2 saturated carbocycles. The molecule has 1 N–H and O–H groups in total. The highest BCUT2D eigenvalue weighted by Crippen LogP contribution is 2.41. The number of aliphatic hydroxyl groups is 1. The van der Waals surface area contributed by atoms with Crippen molar-refractivity contribution in [2.45, 2.75) is 108 Å². The Morgan fingerprint density at radius 3 is 1.94 bits per heavy atom. The monoisotopic (exact) mass is 498 g/mol. The number of aliphatic hydroxyl groups excluding tert-OH is 1. The molecule has 5 aliphatic rings. The predicted octanol–water partition coefficient (Wildman–Crippen LogP) is 2.25. The Kier molecular flexibility index (Phi) is 7.96. The van der Waals surface area contributed by atoms with Crippen LogP contribution in [0.15, 0.2) is 0 Å². The summed E-state index contributed by atoms with van der Waals surface area (Å²) in [5.41, 5.74) is 0. The van der Waals surface area contributed by atoms with Gasteiger partial charge < -0.3 is 38.3 Å². The van der Waals surface area contributed by atoms with Crippen molar-refractivity contribution >= 4 is 11.9 Å². The Labute approximate surface area is 205 Å². The summed E-state index contributed by atoms with van der Waals surface area (Å²) in [4.78, 5) is 24.6. The lowest BCUT2D eigenvalue weighted by molar-refractivity contribution is -0.207. The molecule has 0 amide bonds. The minimum Gasteiger partial charge on any atom is -0.428 e. The molecule has 10 nitrogen and oxygen atoms in total. The zero-order valence-electron chi connectivity index (χ0n) is 20.5. The van der Waals surface area contributed by atoms with Crippen molar-refractivity contribution < 1.29 is 47.9 Å². The van der Waals surface area contributed by atoms with Crippen LogP contribution in [-0.2, 0) is 42.7 Å². The average Bonchev–Trinajstić information content (AvgIpc) is 3.55. The summed E-state index contributed by atoms with van der Waals surface area (Å²) >= 11 is 0. The lowest BCUT2D eigenvalue weighted by atomic mass is 9.81. The van der Waals surface area contributed by atoms with E-state index in [0.717, 1.165) is 38.5 Å². The number of carbonyl (C=O) groups excluding carboxylic acids is 2. The molecule has 35 heavy (non-hydrogen) atoms. The standard InChI is InChI=1S/C25H38O10/c1-13-3-5-15(6-4-13)22(27)30-12-31-23(28)16-7-9-17(10-8-16)24-34-21-19(26)20(33-25(21)35-24)18-11-29-14(2)32-18/h13-21,24-26H,3-12H2,1-2H3. The zero-order chi connectivity index (χ0) is 24.5. The minimum atomic E-state index is -0.852. The van der Waals surface area contributed by atoms with Crippen LogP contribution in [0.25, 0.3) is 0 Å². The van der Waals surface area contributed by atoms with Crippen LogP contribution in [0.3, 0.4) is 0 Å². The fraction of sp³-hybridized carbons (Fsp3) is 0.920. The molecule has 7 unspecified atom stereocenters. The van der Waals surface area contributed by atoms with Crippen molar-refractivity contribution in [3.63, 3.8) is 0 Å². The van der Waals surface area contributed by atoms with E-state index in [9.17, 15) is 14.7 Å². The van der Waals surface area contributed by atoms with Crippen LogP contribution in [0.4, 0.5) is 0 Å². The molecule has 3 heterocycles. The van der Waals surface area contributed by atoms with E-state index in [-0.39, 0.29) is 48.9 Å². The van der Waals surface area contributed by atoms with Crippen molar-refractivity contribution in [3.05, 3.63) is 0 Å². The molecular weight excluding hydrogens is 460 g/mol. The Bertz CT molecular complexity index is 745. The average molecular weight is 499 g/mol. The van der Waals surface area contributed by atoms with Crippen molar-refractivity contribution in [3.8, 4) is 0 Å². The maximum Gasteiger partial charge on any atom is 0.311 e. The third-order valence-corrected chi connectivity index (χ3v) is 8.26. The van der Waals surface area contributed by atoms with E-state index < -0.39 is 30.9 Å². The first kappa shape index (κ1) is 25.4. The van der Waals surface area contributed by atoms with Gasteiger partial charge in [-0.15, -0.1) is 0 Å². The minimum absolute atomic E-state index is 0.0772. The molecule has 5 rings (SSSR count). The highest BCUT2D eigenvalue weighted by Gasteiger charge is 2.56. The molecule has 0 aromatic carbocycles. The van der Waals surface area contributed by atoms with Gasteiger partial charge in [-0.3, -0.25) is 9.59 Å². The van der Waals surface area contributed by atoms with Gasteiger partial charge in [-0.25, -0.2) is 0 Å². The van der Waals surface area contributed by atoms with E-state index >= 15 is 0 Å². The van der Waals surface area contributed by atoms with Gasteiger partial charge in [0.05, 0.1) is 18.4 Å². The largest absolute Gasteiger partial charge is 0.428 e. The van der Waals surface area contributed by atoms with Gasteiger partial charge >= 0.3 is 11.9 Å². The number of rotatable bonds is 6. The number of carbonyl (C=O) groups is 2.